The van der Waals surface area contributed by atoms with Gasteiger partial charge in [0.1, 0.15) is 0 Å². The van der Waals surface area contributed by atoms with Crippen LogP contribution in [0, 0.1) is 5.92 Å². The zero-order valence-electron chi connectivity index (χ0n) is 13.1. The van der Waals surface area contributed by atoms with E-state index in [0.29, 0.717) is 0 Å². The lowest BCUT2D eigenvalue weighted by atomic mass is 10.3. The van der Waals surface area contributed by atoms with Crippen molar-refractivity contribution in [2.75, 3.05) is 5.75 Å². The molecule has 4 nitrogen and oxygen atoms in total. The van der Waals surface area contributed by atoms with Crippen molar-refractivity contribution in [1.29, 1.82) is 0 Å². The summed E-state index contributed by atoms with van der Waals surface area (Å²) in [6.07, 6.45) is 1.95. The van der Waals surface area contributed by atoms with Crippen LogP contribution in [-0.2, 0) is 10.1 Å². The number of H-pyrrole nitrogens is 1. The third-order valence-electron chi connectivity index (χ3n) is 2.01. The maximum absolute atomic E-state index is 10.00. The topological polar surface area (TPSA) is 70.2 Å². The maximum atomic E-state index is 10.00. The fraction of sp³-hybridized carbons (Fsp3) is 0.375. The van der Waals surface area contributed by atoms with E-state index in [-0.39, 0.29) is 11.7 Å². The molecule has 0 aliphatic carbocycles. The van der Waals surface area contributed by atoms with E-state index < -0.39 is 10.1 Å². The number of benzene rings is 1. The Morgan fingerprint density at radius 1 is 1.24 bits per heavy atom. The standard InChI is InChI=1S/C8H7N.C4H10O3S.C4H8/c1-2-4-8-7(3-1)5-6-9-8;1-4(2)3-8(5,6)7;1-4(2)3/h1-6,9H;4H,3H2,1-2H3,(H,5,6,7);1H2,2-3H3. The molecule has 0 bridgehead atoms. The third-order valence-corrected chi connectivity index (χ3v) is 3.09. The molecule has 0 atom stereocenters. The molecule has 2 aromatic rings. The molecule has 0 saturated heterocycles. The quantitative estimate of drug-likeness (QED) is 0.642. The van der Waals surface area contributed by atoms with Gasteiger partial charge in [-0.25, -0.2) is 0 Å². The van der Waals surface area contributed by atoms with Crippen molar-refractivity contribution in [3.8, 4) is 0 Å². The highest BCUT2D eigenvalue weighted by Gasteiger charge is 2.06. The first-order valence-corrected chi connectivity index (χ1v) is 8.32. The fourth-order valence-electron chi connectivity index (χ4n) is 1.42. The van der Waals surface area contributed by atoms with Crippen LogP contribution < -0.4 is 0 Å². The number of hydrogen-bond donors (Lipinski definition) is 2. The minimum atomic E-state index is -3.72. The Hall–Kier alpha value is -1.59. The van der Waals surface area contributed by atoms with Gasteiger partial charge in [0, 0.05) is 11.7 Å². The molecular formula is C16H25NO3S. The van der Waals surface area contributed by atoms with Crippen molar-refractivity contribution in [2.24, 2.45) is 5.92 Å². The van der Waals surface area contributed by atoms with E-state index in [1.807, 2.05) is 32.2 Å². The summed E-state index contributed by atoms with van der Waals surface area (Å²) in [5.41, 5.74) is 2.37. The van der Waals surface area contributed by atoms with Gasteiger partial charge in [0.15, 0.2) is 0 Å². The van der Waals surface area contributed by atoms with Gasteiger partial charge < -0.3 is 4.98 Å². The van der Waals surface area contributed by atoms with Crippen LogP contribution in [0.15, 0.2) is 48.7 Å². The van der Waals surface area contributed by atoms with Gasteiger partial charge >= 0.3 is 0 Å². The van der Waals surface area contributed by atoms with Crippen molar-refractivity contribution in [3.05, 3.63) is 48.7 Å². The predicted molar refractivity (Wildman–Crippen MR) is 90.0 cm³/mol. The van der Waals surface area contributed by atoms with Crippen LogP contribution in [-0.4, -0.2) is 23.7 Å². The fourth-order valence-corrected chi connectivity index (χ4v) is 2.26. The maximum Gasteiger partial charge on any atom is 0.265 e. The first-order valence-electron chi connectivity index (χ1n) is 6.71. The van der Waals surface area contributed by atoms with Crippen LogP contribution in [0.25, 0.3) is 10.9 Å². The minimum absolute atomic E-state index is 0.00463. The second kappa shape index (κ2) is 9.37. The summed E-state index contributed by atoms with van der Waals surface area (Å²) in [6, 6.07) is 10.3. The Morgan fingerprint density at radius 2 is 1.76 bits per heavy atom. The number of para-hydroxylation sites is 1. The summed E-state index contributed by atoms with van der Waals surface area (Å²) < 4.78 is 28.2. The zero-order chi connectivity index (χ0) is 16.5. The van der Waals surface area contributed by atoms with E-state index in [2.05, 4.69) is 29.8 Å². The van der Waals surface area contributed by atoms with Crippen molar-refractivity contribution < 1.29 is 13.0 Å². The molecule has 1 aromatic heterocycles. The Balaban J connectivity index is 0.000000310. The molecule has 0 unspecified atom stereocenters. The number of aromatic amines is 1. The lowest BCUT2D eigenvalue weighted by molar-refractivity contribution is 0.473. The minimum Gasteiger partial charge on any atom is -0.361 e. The number of aromatic nitrogens is 1. The van der Waals surface area contributed by atoms with E-state index in [1.54, 1.807) is 13.8 Å². The molecule has 0 aliphatic rings. The van der Waals surface area contributed by atoms with Gasteiger partial charge in [0.25, 0.3) is 10.1 Å². The first-order chi connectivity index (χ1) is 9.61. The smallest absolute Gasteiger partial charge is 0.265 e. The van der Waals surface area contributed by atoms with Gasteiger partial charge in [0.05, 0.1) is 5.75 Å². The molecule has 0 radical (unpaired) electrons. The van der Waals surface area contributed by atoms with Crippen molar-refractivity contribution in [2.45, 2.75) is 27.7 Å². The van der Waals surface area contributed by atoms with E-state index in [0.717, 1.165) is 0 Å². The molecule has 2 rings (SSSR count). The van der Waals surface area contributed by atoms with Crippen LogP contribution in [0.3, 0.4) is 0 Å². The molecule has 5 heteroatoms. The van der Waals surface area contributed by atoms with E-state index in [4.69, 9.17) is 4.55 Å². The second-order valence-electron chi connectivity index (χ2n) is 5.41. The highest BCUT2D eigenvalue weighted by molar-refractivity contribution is 7.85. The Kier molecular flexibility index (Phi) is 8.66. The molecule has 0 saturated carbocycles. The van der Waals surface area contributed by atoms with Gasteiger partial charge in [-0.3, -0.25) is 4.55 Å². The first kappa shape index (κ1) is 19.4. The Morgan fingerprint density at radius 3 is 2.14 bits per heavy atom. The van der Waals surface area contributed by atoms with Gasteiger partial charge in [0.2, 0.25) is 0 Å². The Bertz CT molecular complexity index is 608. The summed E-state index contributed by atoms with van der Waals surface area (Å²) in [6.45, 7) is 11.0. The molecule has 0 aliphatic heterocycles. The van der Waals surface area contributed by atoms with Gasteiger partial charge in [-0.1, -0.05) is 37.6 Å². The van der Waals surface area contributed by atoms with Gasteiger partial charge in [-0.2, -0.15) is 8.42 Å². The molecular weight excluding hydrogens is 286 g/mol. The lowest BCUT2D eigenvalue weighted by Crippen LogP contribution is -2.09. The second-order valence-corrected chi connectivity index (χ2v) is 6.91. The highest BCUT2D eigenvalue weighted by atomic mass is 32.2. The average Bonchev–Trinajstić information content (AvgIpc) is 2.73. The van der Waals surface area contributed by atoms with Crippen LogP contribution in [0.4, 0.5) is 0 Å². The van der Waals surface area contributed by atoms with Crippen molar-refractivity contribution in [3.63, 3.8) is 0 Å². The van der Waals surface area contributed by atoms with Crippen LogP contribution in [0.5, 0.6) is 0 Å². The summed E-state index contributed by atoms with van der Waals surface area (Å²) in [4.78, 5) is 3.12. The molecule has 118 valence electrons. The summed E-state index contributed by atoms with van der Waals surface area (Å²) in [7, 11) is -3.72. The number of nitrogens with one attached hydrogen (secondary N) is 1. The molecule has 0 amide bonds. The third kappa shape index (κ3) is 11.9. The van der Waals surface area contributed by atoms with Crippen molar-refractivity contribution in [1.82, 2.24) is 4.98 Å². The number of fused-ring (bicyclic) bond motifs is 1. The summed E-state index contributed by atoms with van der Waals surface area (Å²) in [5.74, 6) is -0.141. The predicted octanol–water partition coefficient (Wildman–Crippen LogP) is 4.28. The van der Waals surface area contributed by atoms with E-state index in [9.17, 15) is 8.42 Å². The van der Waals surface area contributed by atoms with E-state index in [1.165, 1.54) is 16.5 Å². The molecule has 1 aromatic carbocycles. The molecule has 0 spiro atoms. The zero-order valence-corrected chi connectivity index (χ0v) is 13.9. The number of rotatable bonds is 2. The molecule has 0 fully saturated rings. The van der Waals surface area contributed by atoms with Crippen LogP contribution >= 0.6 is 0 Å². The lowest BCUT2D eigenvalue weighted by Gasteiger charge is -1.97. The Labute approximate surface area is 127 Å². The van der Waals surface area contributed by atoms with Gasteiger partial charge in [-0.15, -0.1) is 6.58 Å². The summed E-state index contributed by atoms with van der Waals surface area (Å²) >= 11 is 0. The SMILES string of the molecule is C=C(C)C.CC(C)CS(=O)(=O)O.c1ccc2[nH]ccc2c1. The largest absolute Gasteiger partial charge is 0.361 e. The molecule has 1 heterocycles. The average molecular weight is 311 g/mol. The molecule has 2 N–H and O–H groups in total. The van der Waals surface area contributed by atoms with Crippen molar-refractivity contribution >= 4 is 21.0 Å². The van der Waals surface area contributed by atoms with E-state index >= 15 is 0 Å². The normalized spacial score (nSPS) is 10.4. The summed E-state index contributed by atoms with van der Waals surface area (Å²) in [5, 5.41) is 1.28. The van der Waals surface area contributed by atoms with Crippen LogP contribution in [0.1, 0.15) is 27.7 Å². The number of allylic oxidation sites excluding steroid dienone is 1. The number of hydrogen-bond acceptors (Lipinski definition) is 2. The molecule has 21 heavy (non-hydrogen) atoms. The van der Waals surface area contributed by atoms with Crippen LogP contribution in [0.2, 0.25) is 0 Å². The van der Waals surface area contributed by atoms with Gasteiger partial charge in [-0.05, 0) is 37.3 Å². The monoisotopic (exact) mass is 311 g/mol. The highest BCUT2D eigenvalue weighted by Crippen LogP contribution is 2.09.